The first-order chi connectivity index (χ1) is 13.3. The number of halogens is 3. The van der Waals surface area contributed by atoms with E-state index in [4.69, 9.17) is 44.3 Å². The normalized spacial score (nSPS) is 13.0. The van der Waals surface area contributed by atoms with Crippen LogP contribution in [-0.4, -0.2) is 11.0 Å². The summed E-state index contributed by atoms with van der Waals surface area (Å²) in [5.74, 6) is 0.259. The highest BCUT2D eigenvalue weighted by molar-refractivity contribution is 6.55. The maximum atomic E-state index is 12.6. The van der Waals surface area contributed by atoms with Crippen molar-refractivity contribution in [1.29, 1.82) is 0 Å². The lowest BCUT2D eigenvalue weighted by Crippen LogP contribution is -2.28. The van der Waals surface area contributed by atoms with Crippen LogP contribution in [0.25, 0.3) is 0 Å². The lowest BCUT2D eigenvalue weighted by atomic mass is 9.84. The first-order valence-corrected chi connectivity index (χ1v) is 9.98. The summed E-state index contributed by atoms with van der Waals surface area (Å²) in [4.78, 5) is 17.0. The largest absolute Gasteiger partial charge is 0.459 e. The fraction of sp³-hybridized carbons (Fsp3) is 0.333. The highest BCUT2D eigenvalue weighted by Gasteiger charge is 2.29. The number of esters is 1. The molecule has 4 nitrogen and oxygen atoms in total. The van der Waals surface area contributed by atoms with E-state index < -0.39 is 0 Å². The molecule has 0 saturated heterocycles. The summed E-state index contributed by atoms with van der Waals surface area (Å²) in [5.41, 5.74) is 0.584. The second-order valence-electron chi connectivity index (χ2n) is 6.72. The Balaban J connectivity index is 2.02. The third kappa shape index (κ3) is 7.01. The topological polar surface area (TPSA) is 48.4 Å². The molecule has 2 unspecified atom stereocenters. The summed E-state index contributed by atoms with van der Waals surface area (Å²) in [6.45, 7) is 5.84. The zero-order valence-corrected chi connectivity index (χ0v) is 18.1. The van der Waals surface area contributed by atoms with E-state index in [2.05, 4.69) is 4.98 Å². The summed E-state index contributed by atoms with van der Waals surface area (Å²) in [7, 11) is 0. The molecule has 1 aromatic heterocycles. The van der Waals surface area contributed by atoms with Crippen molar-refractivity contribution in [1.82, 2.24) is 4.98 Å². The van der Waals surface area contributed by atoms with Crippen LogP contribution in [0.5, 0.6) is 11.6 Å². The second-order valence-corrected chi connectivity index (χ2v) is 8.16. The molecule has 0 N–H and O–H groups in total. The SMILES string of the molecule is CC(C)C(C(=O)OCc1cccc(Oc2ccc(Cl)cc2)n1)C(C)C=C(Cl)Cl. The quantitative estimate of drug-likeness (QED) is 0.422. The number of pyridine rings is 1. The Morgan fingerprint density at radius 2 is 1.79 bits per heavy atom. The van der Waals surface area contributed by atoms with Crippen molar-refractivity contribution in [2.75, 3.05) is 0 Å². The van der Waals surface area contributed by atoms with E-state index >= 15 is 0 Å². The molecular weight excluding hydrogens is 421 g/mol. The second kappa shape index (κ2) is 10.7. The maximum Gasteiger partial charge on any atom is 0.310 e. The third-order valence-electron chi connectivity index (χ3n) is 4.13. The van der Waals surface area contributed by atoms with E-state index in [1.165, 1.54) is 0 Å². The predicted octanol–water partition coefficient (Wildman–Crippen LogP) is 6.80. The monoisotopic (exact) mass is 441 g/mol. The van der Waals surface area contributed by atoms with Gasteiger partial charge in [0.15, 0.2) is 0 Å². The zero-order valence-electron chi connectivity index (χ0n) is 15.9. The Hall–Kier alpha value is -1.75. The third-order valence-corrected chi connectivity index (χ3v) is 4.63. The van der Waals surface area contributed by atoms with Gasteiger partial charge in [-0.1, -0.05) is 67.7 Å². The molecule has 0 amide bonds. The summed E-state index contributed by atoms with van der Waals surface area (Å²) < 4.78 is 11.3. The minimum atomic E-state index is -0.360. The van der Waals surface area contributed by atoms with Crippen LogP contribution < -0.4 is 4.74 Å². The molecule has 0 fully saturated rings. The van der Waals surface area contributed by atoms with Gasteiger partial charge in [0, 0.05) is 11.1 Å². The molecule has 150 valence electrons. The van der Waals surface area contributed by atoms with Crippen molar-refractivity contribution in [2.45, 2.75) is 27.4 Å². The van der Waals surface area contributed by atoms with E-state index in [1.807, 2.05) is 20.8 Å². The van der Waals surface area contributed by atoms with Crippen LogP contribution in [0.15, 0.2) is 53.0 Å². The number of nitrogens with zero attached hydrogens (tertiary/aromatic N) is 1. The molecule has 2 rings (SSSR count). The van der Waals surface area contributed by atoms with Gasteiger partial charge in [-0.3, -0.25) is 4.79 Å². The van der Waals surface area contributed by atoms with Gasteiger partial charge in [0.05, 0.1) is 11.6 Å². The molecule has 0 aliphatic carbocycles. The van der Waals surface area contributed by atoms with Crippen LogP contribution in [0.3, 0.4) is 0 Å². The van der Waals surface area contributed by atoms with Gasteiger partial charge in [0.1, 0.15) is 16.8 Å². The number of aromatic nitrogens is 1. The molecule has 0 bridgehead atoms. The first-order valence-electron chi connectivity index (χ1n) is 8.85. The standard InChI is InChI=1S/C21H22Cl3NO3/c1-13(2)20(14(3)11-18(23)24)21(26)27-12-16-5-4-6-19(25-16)28-17-9-7-15(22)8-10-17/h4-11,13-14,20H,12H2,1-3H3. The summed E-state index contributed by atoms with van der Waals surface area (Å²) in [6.07, 6.45) is 1.65. The Morgan fingerprint density at radius 3 is 2.39 bits per heavy atom. The van der Waals surface area contributed by atoms with Crippen molar-refractivity contribution in [3.8, 4) is 11.6 Å². The van der Waals surface area contributed by atoms with Crippen LogP contribution in [-0.2, 0) is 16.1 Å². The van der Waals surface area contributed by atoms with E-state index in [1.54, 1.807) is 48.5 Å². The number of allylic oxidation sites excluding steroid dienone is 1. The molecule has 0 radical (unpaired) electrons. The zero-order chi connectivity index (χ0) is 20.7. The van der Waals surface area contributed by atoms with Crippen molar-refractivity contribution in [3.63, 3.8) is 0 Å². The molecule has 2 atom stereocenters. The van der Waals surface area contributed by atoms with Gasteiger partial charge in [-0.25, -0.2) is 4.98 Å². The van der Waals surface area contributed by atoms with Crippen LogP contribution in [0.4, 0.5) is 0 Å². The van der Waals surface area contributed by atoms with Gasteiger partial charge in [-0.05, 0) is 42.2 Å². The summed E-state index contributed by atoms with van der Waals surface area (Å²) in [5, 5.41) is 0.625. The minimum absolute atomic E-state index is 0.0465. The van der Waals surface area contributed by atoms with Crippen molar-refractivity contribution >= 4 is 40.8 Å². The lowest BCUT2D eigenvalue weighted by Gasteiger charge is -2.23. The summed E-state index contributed by atoms with van der Waals surface area (Å²) >= 11 is 17.3. The highest BCUT2D eigenvalue weighted by Crippen LogP contribution is 2.27. The van der Waals surface area contributed by atoms with Crippen molar-refractivity contribution in [2.24, 2.45) is 17.8 Å². The molecule has 7 heteroatoms. The molecule has 1 aromatic carbocycles. The molecule has 2 aromatic rings. The highest BCUT2D eigenvalue weighted by atomic mass is 35.5. The van der Waals surface area contributed by atoms with Gasteiger partial charge in [-0.2, -0.15) is 0 Å². The number of hydrogen-bond acceptors (Lipinski definition) is 4. The fourth-order valence-electron chi connectivity index (χ4n) is 2.86. The van der Waals surface area contributed by atoms with Crippen LogP contribution in [0, 0.1) is 17.8 Å². The van der Waals surface area contributed by atoms with E-state index in [9.17, 15) is 4.79 Å². The minimum Gasteiger partial charge on any atom is -0.459 e. The molecule has 28 heavy (non-hydrogen) atoms. The molecule has 0 spiro atoms. The summed E-state index contributed by atoms with van der Waals surface area (Å²) in [6, 6.07) is 12.3. The predicted molar refractivity (Wildman–Crippen MR) is 113 cm³/mol. The van der Waals surface area contributed by atoms with Gasteiger partial charge in [0.2, 0.25) is 5.88 Å². The Kier molecular flexibility index (Phi) is 8.61. The average molecular weight is 443 g/mol. The fourth-order valence-corrected chi connectivity index (χ4v) is 3.38. The van der Waals surface area contributed by atoms with E-state index in [0.717, 1.165) is 0 Å². The molecule has 0 aliphatic heterocycles. The Bertz CT molecular complexity index is 818. The number of benzene rings is 1. The van der Waals surface area contributed by atoms with E-state index in [-0.39, 0.29) is 34.8 Å². The number of carbonyl (C=O) groups is 1. The molecule has 0 saturated carbocycles. The van der Waals surface area contributed by atoms with Crippen LogP contribution >= 0.6 is 34.8 Å². The smallest absolute Gasteiger partial charge is 0.310 e. The molecule has 0 aliphatic rings. The number of hydrogen-bond donors (Lipinski definition) is 0. The first kappa shape index (κ1) is 22.5. The molecule has 1 heterocycles. The number of carbonyl (C=O) groups excluding carboxylic acids is 1. The number of ether oxygens (including phenoxy) is 2. The average Bonchev–Trinajstić information content (AvgIpc) is 2.61. The van der Waals surface area contributed by atoms with Crippen molar-refractivity contribution < 1.29 is 14.3 Å². The van der Waals surface area contributed by atoms with E-state index in [0.29, 0.717) is 22.3 Å². The Labute approximate surface area is 180 Å². The van der Waals surface area contributed by atoms with Gasteiger partial charge < -0.3 is 9.47 Å². The lowest BCUT2D eigenvalue weighted by molar-refractivity contribution is -0.153. The molecular formula is C21H22Cl3NO3. The van der Waals surface area contributed by atoms with Crippen LogP contribution in [0.2, 0.25) is 5.02 Å². The van der Waals surface area contributed by atoms with Gasteiger partial charge >= 0.3 is 5.97 Å². The Morgan fingerprint density at radius 1 is 1.11 bits per heavy atom. The van der Waals surface area contributed by atoms with Crippen molar-refractivity contribution in [3.05, 3.63) is 63.7 Å². The van der Waals surface area contributed by atoms with Gasteiger partial charge in [-0.15, -0.1) is 0 Å². The number of rotatable bonds is 8. The van der Waals surface area contributed by atoms with Gasteiger partial charge in [0.25, 0.3) is 0 Å². The van der Waals surface area contributed by atoms with Crippen LogP contribution in [0.1, 0.15) is 26.5 Å². The maximum absolute atomic E-state index is 12.6.